The number of esters is 1. The van der Waals surface area contributed by atoms with Crippen LogP contribution in [0.4, 0.5) is 0 Å². The van der Waals surface area contributed by atoms with Crippen LogP contribution < -0.4 is 0 Å². The van der Waals surface area contributed by atoms with E-state index in [2.05, 4.69) is 61.1 Å². The third-order valence-corrected chi connectivity index (χ3v) is 12.1. The Balaban J connectivity index is 1.60. The fraction of sp³-hybridized carbons (Fsp3) is 0.844. The van der Waals surface area contributed by atoms with Crippen LogP contribution in [0.5, 0.6) is 0 Å². The first-order chi connectivity index (χ1) is 15.8. The van der Waals surface area contributed by atoms with Crippen LogP contribution in [-0.2, 0) is 9.53 Å². The van der Waals surface area contributed by atoms with Crippen LogP contribution in [0.1, 0.15) is 120 Å². The third-order valence-electron chi connectivity index (χ3n) is 12.1. The van der Waals surface area contributed by atoms with Crippen LogP contribution in [0.25, 0.3) is 0 Å². The molecule has 0 amide bonds. The molecule has 0 aliphatic heterocycles. The van der Waals surface area contributed by atoms with Crippen molar-refractivity contribution in [2.75, 3.05) is 0 Å². The molecule has 8 unspecified atom stereocenters. The van der Waals surface area contributed by atoms with E-state index < -0.39 is 0 Å². The van der Waals surface area contributed by atoms with E-state index in [1.54, 1.807) is 6.92 Å². The van der Waals surface area contributed by atoms with Gasteiger partial charge in [-0.3, -0.25) is 4.79 Å². The molecule has 0 bridgehead atoms. The highest BCUT2D eigenvalue weighted by atomic mass is 16.5. The predicted octanol–water partition coefficient (Wildman–Crippen LogP) is 8.91. The molecule has 3 fully saturated rings. The SMILES string of the molecule is C=C(C)CCCC(C)C1CCC2(C)C1=CCC1C3(C)CCC(OC(C)=O)C(C)(C)C3CCC12C. The summed E-state index contributed by atoms with van der Waals surface area (Å²) >= 11 is 0. The van der Waals surface area contributed by atoms with Crippen molar-refractivity contribution in [3.05, 3.63) is 23.8 Å². The molecule has 2 nitrogen and oxygen atoms in total. The summed E-state index contributed by atoms with van der Waals surface area (Å²) < 4.78 is 5.88. The van der Waals surface area contributed by atoms with Gasteiger partial charge in [-0.05, 0) is 111 Å². The minimum Gasteiger partial charge on any atom is -0.462 e. The van der Waals surface area contributed by atoms with E-state index in [4.69, 9.17) is 4.74 Å². The molecule has 0 saturated heterocycles. The van der Waals surface area contributed by atoms with Crippen molar-refractivity contribution in [1.29, 1.82) is 0 Å². The molecule has 8 atom stereocenters. The van der Waals surface area contributed by atoms with Crippen molar-refractivity contribution in [2.45, 2.75) is 126 Å². The smallest absolute Gasteiger partial charge is 0.302 e. The molecule has 0 aromatic rings. The average Bonchev–Trinajstić information content (AvgIpc) is 3.08. The summed E-state index contributed by atoms with van der Waals surface area (Å²) in [5.74, 6) is 2.78. The molecule has 4 aliphatic carbocycles. The lowest BCUT2D eigenvalue weighted by atomic mass is 9.37. The Morgan fingerprint density at radius 3 is 2.41 bits per heavy atom. The summed E-state index contributed by atoms with van der Waals surface area (Å²) in [6.07, 6.45) is 15.4. The predicted molar refractivity (Wildman–Crippen MR) is 142 cm³/mol. The first kappa shape index (κ1) is 26.0. The molecular formula is C32H52O2. The molecule has 4 aliphatic rings. The lowest BCUT2D eigenvalue weighted by Crippen LogP contribution is -2.62. The molecule has 3 saturated carbocycles. The van der Waals surface area contributed by atoms with Crippen LogP contribution >= 0.6 is 0 Å². The molecule has 2 heteroatoms. The zero-order chi connectivity index (χ0) is 25.1. The largest absolute Gasteiger partial charge is 0.462 e. The molecule has 0 N–H and O–H groups in total. The van der Waals surface area contributed by atoms with E-state index in [0.29, 0.717) is 22.2 Å². The van der Waals surface area contributed by atoms with E-state index in [9.17, 15) is 4.79 Å². The Kier molecular flexibility index (Phi) is 6.74. The summed E-state index contributed by atoms with van der Waals surface area (Å²) in [4.78, 5) is 11.8. The molecule has 0 aromatic carbocycles. The standard InChI is InChI=1S/C32H52O2/c1-21(2)11-10-12-22(3)24-15-19-31(8)25(24)13-14-27-30(7)18-17-28(34-23(4)33)29(5,6)26(30)16-20-32(27,31)9/h13,22,24,26-28H,1,10-12,14-20H2,2-9H3. The number of hydrogen-bond donors (Lipinski definition) is 0. The minimum atomic E-state index is -0.116. The third kappa shape index (κ3) is 3.85. The maximum atomic E-state index is 11.8. The summed E-state index contributed by atoms with van der Waals surface area (Å²) in [5, 5.41) is 0. The Hall–Kier alpha value is -1.05. The van der Waals surface area contributed by atoms with Gasteiger partial charge in [0.15, 0.2) is 0 Å². The van der Waals surface area contributed by atoms with Crippen molar-refractivity contribution >= 4 is 5.97 Å². The van der Waals surface area contributed by atoms with Gasteiger partial charge in [0.05, 0.1) is 0 Å². The van der Waals surface area contributed by atoms with Gasteiger partial charge in [0.2, 0.25) is 0 Å². The lowest BCUT2D eigenvalue weighted by Gasteiger charge is -2.68. The Morgan fingerprint density at radius 1 is 1.06 bits per heavy atom. The average molecular weight is 469 g/mol. The van der Waals surface area contributed by atoms with Crippen molar-refractivity contribution < 1.29 is 9.53 Å². The number of allylic oxidation sites excluding steroid dienone is 3. The summed E-state index contributed by atoms with van der Waals surface area (Å²) in [7, 11) is 0. The van der Waals surface area contributed by atoms with Gasteiger partial charge in [-0.2, -0.15) is 0 Å². The van der Waals surface area contributed by atoms with Crippen LogP contribution in [0.2, 0.25) is 0 Å². The van der Waals surface area contributed by atoms with Crippen molar-refractivity contribution in [1.82, 2.24) is 0 Å². The highest BCUT2D eigenvalue weighted by molar-refractivity contribution is 5.66. The molecule has 4 rings (SSSR count). The number of rotatable bonds is 6. The maximum Gasteiger partial charge on any atom is 0.302 e. The van der Waals surface area contributed by atoms with Crippen LogP contribution in [0.15, 0.2) is 23.8 Å². The maximum absolute atomic E-state index is 11.8. The first-order valence-corrected chi connectivity index (χ1v) is 14.3. The normalized spacial score (nSPS) is 43.7. The molecular weight excluding hydrogens is 416 g/mol. The molecule has 0 aromatic heterocycles. The monoisotopic (exact) mass is 468 g/mol. The summed E-state index contributed by atoms with van der Waals surface area (Å²) in [6.45, 7) is 23.1. The molecule has 0 heterocycles. The van der Waals surface area contributed by atoms with E-state index in [0.717, 1.165) is 24.2 Å². The van der Waals surface area contributed by atoms with E-state index >= 15 is 0 Å². The molecule has 192 valence electrons. The van der Waals surface area contributed by atoms with Gasteiger partial charge >= 0.3 is 5.97 Å². The van der Waals surface area contributed by atoms with Gasteiger partial charge in [0, 0.05) is 12.3 Å². The van der Waals surface area contributed by atoms with Gasteiger partial charge in [-0.1, -0.05) is 58.8 Å². The second-order valence-corrected chi connectivity index (χ2v) is 14.2. The van der Waals surface area contributed by atoms with Crippen molar-refractivity contribution in [3.8, 4) is 0 Å². The second-order valence-electron chi connectivity index (χ2n) is 14.2. The van der Waals surface area contributed by atoms with Gasteiger partial charge in [0.1, 0.15) is 6.10 Å². The van der Waals surface area contributed by atoms with Crippen LogP contribution in [-0.4, -0.2) is 12.1 Å². The van der Waals surface area contributed by atoms with Crippen molar-refractivity contribution in [3.63, 3.8) is 0 Å². The number of fused-ring (bicyclic) bond motifs is 5. The highest BCUT2D eigenvalue weighted by Gasteiger charge is 2.67. The second kappa shape index (κ2) is 8.81. The van der Waals surface area contributed by atoms with Crippen LogP contribution in [0, 0.1) is 45.3 Å². The van der Waals surface area contributed by atoms with Gasteiger partial charge in [-0.15, -0.1) is 6.58 Å². The van der Waals surface area contributed by atoms with E-state index in [-0.39, 0.29) is 17.5 Å². The summed E-state index contributed by atoms with van der Waals surface area (Å²) in [5.41, 5.74) is 4.23. The number of carbonyl (C=O) groups is 1. The minimum absolute atomic E-state index is 0.0426. The first-order valence-electron chi connectivity index (χ1n) is 14.3. The fourth-order valence-corrected chi connectivity index (χ4v) is 10.0. The Labute approximate surface area is 210 Å². The molecule has 0 radical (unpaired) electrons. The van der Waals surface area contributed by atoms with E-state index in [1.165, 1.54) is 63.4 Å². The van der Waals surface area contributed by atoms with Gasteiger partial charge in [-0.25, -0.2) is 0 Å². The molecule has 34 heavy (non-hydrogen) atoms. The molecule has 0 spiro atoms. The van der Waals surface area contributed by atoms with Gasteiger partial charge < -0.3 is 4.74 Å². The Bertz CT molecular complexity index is 851. The lowest BCUT2D eigenvalue weighted by molar-refractivity contribution is -0.205. The highest BCUT2D eigenvalue weighted by Crippen LogP contribution is 2.74. The van der Waals surface area contributed by atoms with Crippen molar-refractivity contribution in [2.24, 2.45) is 45.3 Å². The summed E-state index contributed by atoms with van der Waals surface area (Å²) in [6, 6.07) is 0. The quantitative estimate of drug-likeness (QED) is 0.287. The van der Waals surface area contributed by atoms with Gasteiger partial charge in [0.25, 0.3) is 0 Å². The fourth-order valence-electron chi connectivity index (χ4n) is 10.0. The number of ether oxygens (including phenoxy) is 1. The van der Waals surface area contributed by atoms with E-state index in [1.807, 2.05) is 5.57 Å². The topological polar surface area (TPSA) is 26.3 Å². The zero-order valence-corrected chi connectivity index (χ0v) is 23.6. The number of hydrogen-bond acceptors (Lipinski definition) is 2. The Morgan fingerprint density at radius 2 is 1.76 bits per heavy atom. The van der Waals surface area contributed by atoms with Crippen LogP contribution in [0.3, 0.4) is 0 Å². The number of carbonyl (C=O) groups excluding carboxylic acids is 1. The zero-order valence-electron chi connectivity index (χ0n) is 23.6.